The van der Waals surface area contributed by atoms with Gasteiger partial charge >= 0.3 is 0 Å². The summed E-state index contributed by atoms with van der Waals surface area (Å²) >= 11 is 0. The molecule has 0 fully saturated rings. The Hall–Kier alpha value is -1.80. The Bertz CT molecular complexity index is 883. The van der Waals surface area contributed by atoms with Gasteiger partial charge in [-0.05, 0) is 87.5 Å². The summed E-state index contributed by atoms with van der Waals surface area (Å²) in [5.41, 5.74) is 2.29. The second-order valence-electron chi connectivity index (χ2n) is 14.2. The lowest BCUT2D eigenvalue weighted by Crippen LogP contribution is -2.10. The number of rotatable bonds is 35. The number of hydrogen-bond donors (Lipinski definition) is 1. The van der Waals surface area contributed by atoms with E-state index in [4.69, 9.17) is 24.8 Å². The summed E-state index contributed by atoms with van der Waals surface area (Å²) in [6.45, 7) is 16.0. The Morgan fingerprint density at radius 2 is 1.24 bits per heavy atom. The SMILES string of the molecule is CCCC(CCC/C(C=NCCOCCOCCCCCCCCOCCCCCOCCCCCC(C)C)=N/N)C1=CC=CC(C)C=C1. The summed E-state index contributed by atoms with van der Waals surface area (Å²) < 4.78 is 23.0. The molecule has 7 nitrogen and oxygen atoms in total. The van der Waals surface area contributed by atoms with Gasteiger partial charge in [-0.1, -0.05) is 109 Å². The first kappa shape index (κ1) is 45.2. The fourth-order valence-corrected chi connectivity index (χ4v) is 5.96. The molecule has 0 heterocycles. The van der Waals surface area contributed by atoms with Gasteiger partial charge in [0, 0.05) is 39.2 Å². The van der Waals surface area contributed by atoms with E-state index in [1.54, 1.807) is 0 Å². The van der Waals surface area contributed by atoms with E-state index in [1.165, 1.54) is 82.6 Å². The lowest BCUT2D eigenvalue weighted by Gasteiger charge is -2.17. The van der Waals surface area contributed by atoms with E-state index in [-0.39, 0.29) is 0 Å². The molecule has 0 aromatic carbocycles. The number of hydrazone groups is 1. The van der Waals surface area contributed by atoms with Crippen LogP contribution in [0.5, 0.6) is 0 Å². The number of ether oxygens (including phenoxy) is 4. The summed E-state index contributed by atoms with van der Waals surface area (Å²) in [4.78, 5) is 4.47. The molecule has 284 valence electrons. The summed E-state index contributed by atoms with van der Waals surface area (Å²) in [5.74, 6) is 7.55. The highest BCUT2D eigenvalue weighted by Gasteiger charge is 2.13. The summed E-state index contributed by atoms with van der Waals surface area (Å²) in [5, 5.41) is 3.96. The maximum Gasteiger partial charge on any atom is 0.0778 e. The molecule has 0 amide bonds. The lowest BCUT2D eigenvalue weighted by atomic mass is 9.88. The molecule has 1 aliphatic carbocycles. The normalized spacial score (nSPS) is 15.8. The highest BCUT2D eigenvalue weighted by atomic mass is 16.5. The predicted molar refractivity (Wildman–Crippen MR) is 211 cm³/mol. The average molecular weight is 688 g/mol. The van der Waals surface area contributed by atoms with Crippen LogP contribution >= 0.6 is 0 Å². The number of allylic oxidation sites excluding steroid dienone is 6. The third-order valence-corrected chi connectivity index (χ3v) is 9.01. The van der Waals surface area contributed by atoms with Gasteiger partial charge in [0.15, 0.2) is 0 Å². The van der Waals surface area contributed by atoms with E-state index in [0.29, 0.717) is 38.2 Å². The van der Waals surface area contributed by atoms with E-state index in [0.717, 1.165) is 83.2 Å². The topological polar surface area (TPSA) is 87.7 Å². The zero-order valence-corrected chi connectivity index (χ0v) is 32.4. The molecule has 0 saturated carbocycles. The first-order valence-corrected chi connectivity index (χ1v) is 20.2. The number of hydrogen-bond acceptors (Lipinski definition) is 7. The first-order chi connectivity index (χ1) is 24.1. The van der Waals surface area contributed by atoms with E-state index in [9.17, 15) is 0 Å². The lowest BCUT2D eigenvalue weighted by molar-refractivity contribution is 0.0493. The molecule has 0 aromatic rings. The molecule has 0 aliphatic heterocycles. The maximum atomic E-state index is 5.81. The predicted octanol–water partition coefficient (Wildman–Crippen LogP) is 10.4. The Morgan fingerprint density at radius 3 is 1.84 bits per heavy atom. The zero-order valence-electron chi connectivity index (χ0n) is 32.4. The fraction of sp³-hybridized carbons (Fsp3) is 0.810. The van der Waals surface area contributed by atoms with Gasteiger partial charge in [-0.2, -0.15) is 5.10 Å². The number of unbranched alkanes of at least 4 members (excludes halogenated alkanes) is 9. The molecule has 0 saturated heterocycles. The number of aliphatic imine (C=N–C) groups is 1. The highest BCUT2D eigenvalue weighted by Crippen LogP contribution is 2.26. The van der Waals surface area contributed by atoms with Crippen LogP contribution in [0, 0.1) is 17.8 Å². The van der Waals surface area contributed by atoms with Crippen LogP contribution in [-0.4, -0.2) is 71.3 Å². The second kappa shape index (κ2) is 34.6. The van der Waals surface area contributed by atoms with Crippen molar-refractivity contribution in [3.8, 4) is 0 Å². The molecule has 7 heteroatoms. The summed E-state index contributed by atoms with van der Waals surface area (Å²) in [6, 6.07) is 0. The minimum absolute atomic E-state index is 0.497. The third-order valence-electron chi connectivity index (χ3n) is 9.01. The van der Waals surface area contributed by atoms with Crippen molar-refractivity contribution in [1.82, 2.24) is 0 Å². The van der Waals surface area contributed by atoms with Gasteiger partial charge in [0.05, 0.1) is 32.1 Å². The second-order valence-corrected chi connectivity index (χ2v) is 14.2. The Balaban J connectivity index is 1.84. The summed E-state index contributed by atoms with van der Waals surface area (Å²) in [6.07, 6.45) is 34.6. The van der Waals surface area contributed by atoms with Crippen molar-refractivity contribution in [2.45, 2.75) is 143 Å². The van der Waals surface area contributed by atoms with E-state index >= 15 is 0 Å². The molecule has 1 rings (SSSR count). The van der Waals surface area contributed by atoms with Gasteiger partial charge in [0.1, 0.15) is 0 Å². The minimum Gasteiger partial charge on any atom is -0.381 e. The van der Waals surface area contributed by atoms with Gasteiger partial charge in [0.25, 0.3) is 0 Å². The van der Waals surface area contributed by atoms with Crippen molar-refractivity contribution in [3.05, 3.63) is 36.0 Å². The zero-order chi connectivity index (χ0) is 35.5. The van der Waals surface area contributed by atoms with Gasteiger partial charge < -0.3 is 24.8 Å². The number of nitrogens with zero attached hydrogens (tertiary/aromatic N) is 2. The van der Waals surface area contributed by atoms with Gasteiger partial charge in [-0.3, -0.25) is 4.99 Å². The molecule has 1 aliphatic rings. The smallest absolute Gasteiger partial charge is 0.0778 e. The van der Waals surface area contributed by atoms with Crippen LogP contribution < -0.4 is 5.84 Å². The van der Waals surface area contributed by atoms with Crippen molar-refractivity contribution in [1.29, 1.82) is 0 Å². The Kier molecular flexibility index (Phi) is 32.0. The standard InChI is InChI=1S/C42H77N3O4/c1-5-20-40(41-23-18-22-39(4)26-27-41)24-19-25-42(45-43)37-44-28-34-49-36-35-48-33-14-9-7-6-8-13-29-46-31-16-11-17-32-47-30-15-10-12-21-38(2)3/h18,22-23,26-27,37-40H,5-17,19-21,24-25,28-36,43H2,1-4H3/b44-37?,45-42-. The fourth-order valence-electron chi connectivity index (χ4n) is 5.96. The van der Waals surface area contributed by atoms with Crippen molar-refractivity contribution in [2.24, 2.45) is 33.7 Å². The molecule has 2 atom stereocenters. The molecule has 0 bridgehead atoms. The highest BCUT2D eigenvalue weighted by molar-refractivity contribution is 6.30. The van der Waals surface area contributed by atoms with Crippen LogP contribution in [0.25, 0.3) is 0 Å². The quantitative estimate of drug-likeness (QED) is 0.0310. The van der Waals surface area contributed by atoms with Gasteiger partial charge in [0.2, 0.25) is 0 Å². The van der Waals surface area contributed by atoms with Crippen molar-refractivity contribution in [3.63, 3.8) is 0 Å². The molecular formula is C42H77N3O4. The van der Waals surface area contributed by atoms with E-state index < -0.39 is 0 Å². The molecule has 0 spiro atoms. The van der Waals surface area contributed by atoms with Crippen LogP contribution in [-0.2, 0) is 18.9 Å². The number of nitrogens with two attached hydrogens (primary N) is 1. The van der Waals surface area contributed by atoms with Crippen LogP contribution in [0.1, 0.15) is 143 Å². The third kappa shape index (κ3) is 29.6. The van der Waals surface area contributed by atoms with E-state index in [2.05, 4.69) is 68.2 Å². The van der Waals surface area contributed by atoms with Crippen LogP contribution in [0.15, 0.2) is 46.0 Å². The molecule has 2 N–H and O–H groups in total. The maximum absolute atomic E-state index is 5.81. The van der Waals surface area contributed by atoms with Gasteiger partial charge in [-0.25, -0.2) is 0 Å². The van der Waals surface area contributed by atoms with Crippen molar-refractivity contribution >= 4 is 11.9 Å². The molecular weight excluding hydrogens is 610 g/mol. The van der Waals surface area contributed by atoms with Gasteiger partial charge in [-0.15, -0.1) is 0 Å². The molecule has 0 radical (unpaired) electrons. The van der Waals surface area contributed by atoms with Crippen LogP contribution in [0.4, 0.5) is 0 Å². The molecule has 0 aromatic heterocycles. The molecule has 2 unspecified atom stereocenters. The van der Waals surface area contributed by atoms with Crippen molar-refractivity contribution in [2.75, 3.05) is 59.4 Å². The van der Waals surface area contributed by atoms with Crippen LogP contribution in [0.2, 0.25) is 0 Å². The Morgan fingerprint density at radius 1 is 0.694 bits per heavy atom. The van der Waals surface area contributed by atoms with Crippen LogP contribution in [0.3, 0.4) is 0 Å². The largest absolute Gasteiger partial charge is 0.381 e. The monoisotopic (exact) mass is 688 g/mol. The minimum atomic E-state index is 0.497. The van der Waals surface area contributed by atoms with E-state index in [1.807, 2.05) is 6.21 Å². The van der Waals surface area contributed by atoms with Crippen molar-refractivity contribution < 1.29 is 18.9 Å². The summed E-state index contributed by atoms with van der Waals surface area (Å²) in [7, 11) is 0. The Labute approximate surface area is 302 Å². The first-order valence-electron chi connectivity index (χ1n) is 20.2. The average Bonchev–Trinajstić information content (AvgIpc) is 3.32. The molecule has 49 heavy (non-hydrogen) atoms.